The Hall–Kier alpha value is -2.63. The van der Waals surface area contributed by atoms with Crippen LogP contribution < -0.4 is 4.90 Å². The van der Waals surface area contributed by atoms with Crippen LogP contribution in [0.5, 0.6) is 0 Å². The first-order chi connectivity index (χ1) is 11.0. The number of carbonyl (C=O) groups excluding carboxylic acids is 2. The number of carbonyl (C=O) groups is 3. The number of likely N-dealkylation sites (tertiary alicyclic amines) is 1. The number of anilines is 1. The molecule has 1 fully saturated rings. The van der Waals surface area contributed by atoms with Crippen LogP contribution in [-0.2, 0) is 9.59 Å². The van der Waals surface area contributed by atoms with Gasteiger partial charge in [0.2, 0.25) is 0 Å². The summed E-state index contributed by atoms with van der Waals surface area (Å²) in [6.45, 7) is 3.74. The van der Waals surface area contributed by atoms with Crippen molar-refractivity contribution in [2.24, 2.45) is 5.92 Å². The van der Waals surface area contributed by atoms with Gasteiger partial charge in [0, 0.05) is 19.2 Å². The Labute approximate surface area is 134 Å². The highest BCUT2D eigenvalue weighted by Gasteiger charge is 2.36. The van der Waals surface area contributed by atoms with Crippen LogP contribution in [0.25, 0.3) is 0 Å². The topological polar surface area (TPSA) is 77.9 Å². The second-order valence-corrected chi connectivity index (χ2v) is 6.03. The summed E-state index contributed by atoms with van der Waals surface area (Å²) < 4.78 is 0. The van der Waals surface area contributed by atoms with Crippen LogP contribution in [-0.4, -0.2) is 40.9 Å². The van der Waals surface area contributed by atoms with E-state index in [2.05, 4.69) is 6.92 Å². The van der Waals surface area contributed by atoms with E-state index in [1.165, 1.54) is 30.3 Å². The third-order valence-corrected chi connectivity index (χ3v) is 4.40. The van der Waals surface area contributed by atoms with Crippen molar-refractivity contribution < 1.29 is 19.5 Å². The van der Waals surface area contributed by atoms with Crippen molar-refractivity contribution >= 4 is 23.5 Å². The minimum Gasteiger partial charge on any atom is -0.478 e. The molecule has 0 radical (unpaired) electrons. The smallest absolute Gasteiger partial charge is 0.335 e. The average Bonchev–Trinajstić information content (AvgIpc) is 2.83. The zero-order valence-corrected chi connectivity index (χ0v) is 12.9. The summed E-state index contributed by atoms with van der Waals surface area (Å²) >= 11 is 0. The first-order valence-electron chi connectivity index (χ1n) is 7.66. The Morgan fingerprint density at radius 1 is 1.13 bits per heavy atom. The van der Waals surface area contributed by atoms with E-state index in [4.69, 9.17) is 5.11 Å². The summed E-state index contributed by atoms with van der Waals surface area (Å²) in [4.78, 5) is 38.7. The van der Waals surface area contributed by atoms with E-state index in [0.29, 0.717) is 17.3 Å². The highest BCUT2D eigenvalue weighted by molar-refractivity contribution is 6.30. The van der Waals surface area contributed by atoms with E-state index in [9.17, 15) is 14.4 Å². The summed E-state index contributed by atoms with van der Waals surface area (Å²) in [6.07, 6.45) is 3.39. The fourth-order valence-corrected chi connectivity index (χ4v) is 2.93. The van der Waals surface area contributed by atoms with Gasteiger partial charge in [-0.15, -0.1) is 0 Å². The van der Waals surface area contributed by atoms with Gasteiger partial charge < -0.3 is 10.0 Å². The van der Waals surface area contributed by atoms with Crippen molar-refractivity contribution in [2.75, 3.05) is 18.0 Å². The molecule has 0 aromatic heterocycles. The number of nitrogens with zero attached hydrogens (tertiary/aromatic N) is 2. The van der Waals surface area contributed by atoms with E-state index in [-0.39, 0.29) is 17.4 Å². The fraction of sp³-hybridized carbons (Fsp3) is 0.353. The van der Waals surface area contributed by atoms with E-state index in [1.54, 1.807) is 0 Å². The van der Waals surface area contributed by atoms with Gasteiger partial charge in [-0.05, 0) is 43.0 Å². The van der Waals surface area contributed by atoms with Gasteiger partial charge >= 0.3 is 5.97 Å². The molecule has 1 aromatic carbocycles. The molecule has 6 nitrogen and oxygen atoms in total. The predicted octanol–water partition coefficient (Wildman–Crippen LogP) is 1.87. The number of aromatic carboxylic acids is 1. The second kappa shape index (κ2) is 5.87. The maximum absolute atomic E-state index is 12.6. The highest BCUT2D eigenvalue weighted by atomic mass is 16.4. The van der Waals surface area contributed by atoms with E-state index in [0.717, 1.165) is 30.8 Å². The molecule has 1 aromatic rings. The van der Waals surface area contributed by atoms with E-state index >= 15 is 0 Å². The van der Waals surface area contributed by atoms with Crippen molar-refractivity contribution in [1.82, 2.24) is 4.90 Å². The molecule has 0 unspecified atom stereocenters. The van der Waals surface area contributed by atoms with Crippen molar-refractivity contribution in [3.63, 3.8) is 0 Å². The zero-order chi connectivity index (χ0) is 16.6. The standard InChI is InChI=1S/C17H18N2O4/c1-11-6-8-18(9-7-11)14-10-15(20)19(16(14)21)13-4-2-12(3-5-13)17(22)23/h2-5,10-11H,6-9H2,1H3,(H,22,23). The Balaban J connectivity index is 1.79. The van der Waals surface area contributed by atoms with Crippen molar-refractivity contribution in [2.45, 2.75) is 19.8 Å². The molecule has 6 heteroatoms. The van der Waals surface area contributed by atoms with Crippen LogP contribution in [0.3, 0.4) is 0 Å². The third kappa shape index (κ3) is 2.84. The SMILES string of the molecule is CC1CCN(C2=CC(=O)N(c3ccc(C(=O)O)cc3)C2=O)CC1. The molecule has 2 aliphatic rings. The number of carboxylic acids is 1. The summed E-state index contributed by atoms with van der Waals surface area (Å²) in [5.41, 5.74) is 0.942. The average molecular weight is 314 g/mol. The lowest BCUT2D eigenvalue weighted by Gasteiger charge is -2.32. The molecule has 0 spiro atoms. The van der Waals surface area contributed by atoms with E-state index < -0.39 is 5.97 Å². The quantitative estimate of drug-likeness (QED) is 0.862. The Bertz CT molecular complexity index is 685. The van der Waals surface area contributed by atoms with Gasteiger partial charge in [-0.25, -0.2) is 9.69 Å². The van der Waals surface area contributed by atoms with Crippen LogP contribution in [0.15, 0.2) is 36.0 Å². The number of benzene rings is 1. The molecule has 1 N–H and O–H groups in total. The molecule has 120 valence electrons. The van der Waals surface area contributed by atoms with Crippen LogP contribution in [0.4, 0.5) is 5.69 Å². The molecule has 2 heterocycles. The third-order valence-electron chi connectivity index (χ3n) is 4.40. The number of piperidine rings is 1. The summed E-state index contributed by atoms with van der Waals surface area (Å²) in [5.74, 6) is -1.13. The number of hydrogen-bond acceptors (Lipinski definition) is 4. The number of amides is 2. The predicted molar refractivity (Wildman–Crippen MR) is 83.9 cm³/mol. The lowest BCUT2D eigenvalue weighted by molar-refractivity contribution is -0.121. The molecule has 0 atom stereocenters. The zero-order valence-electron chi connectivity index (χ0n) is 12.9. The first kappa shape index (κ1) is 15.3. The fourth-order valence-electron chi connectivity index (χ4n) is 2.93. The van der Waals surface area contributed by atoms with Gasteiger partial charge in [-0.2, -0.15) is 0 Å². The number of hydrogen-bond donors (Lipinski definition) is 1. The normalized spacial score (nSPS) is 19.3. The summed E-state index contributed by atoms with van der Waals surface area (Å²) in [5, 5.41) is 8.91. The van der Waals surface area contributed by atoms with Crippen molar-refractivity contribution in [1.29, 1.82) is 0 Å². The number of rotatable bonds is 3. The van der Waals surface area contributed by atoms with Crippen LogP contribution >= 0.6 is 0 Å². The van der Waals surface area contributed by atoms with Crippen LogP contribution in [0, 0.1) is 5.92 Å². The Morgan fingerprint density at radius 3 is 2.30 bits per heavy atom. The van der Waals surface area contributed by atoms with Crippen LogP contribution in [0.1, 0.15) is 30.1 Å². The van der Waals surface area contributed by atoms with Gasteiger partial charge in [0.25, 0.3) is 11.8 Å². The maximum atomic E-state index is 12.6. The van der Waals surface area contributed by atoms with Crippen molar-refractivity contribution in [3.8, 4) is 0 Å². The highest BCUT2D eigenvalue weighted by Crippen LogP contribution is 2.27. The minimum atomic E-state index is -1.04. The second-order valence-electron chi connectivity index (χ2n) is 6.03. The Morgan fingerprint density at radius 2 is 1.74 bits per heavy atom. The minimum absolute atomic E-state index is 0.117. The number of carboxylic acid groups (broad SMARTS) is 1. The van der Waals surface area contributed by atoms with Gasteiger partial charge in [0.15, 0.2) is 0 Å². The van der Waals surface area contributed by atoms with Gasteiger partial charge in [0.1, 0.15) is 5.70 Å². The maximum Gasteiger partial charge on any atom is 0.335 e. The summed E-state index contributed by atoms with van der Waals surface area (Å²) in [6, 6.07) is 5.74. The molecule has 2 aliphatic heterocycles. The molecule has 0 saturated carbocycles. The molecule has 0 aliphatic carbocycles. The lowest BCUT2D eigenvalue weighted by Crippen LogP contribution is -2.38. The first-order valence-corrected chi connectivity index (χ1v) is 7.66. The van der Waals surface area contributed by atoms with E-state index in [1.807, 2.05) is 4.90 Å². The lowest BCUT2D eigenvalue weighted by atomic mass is 9.99. The molecular formula is C17H18N2O4. The molecule has 23 heavy (non-hydrogen) atoms. The largest absolute Gasteiger partial charge is 0.478 e. The van der Waals surface area contributed by atoms with Gasteiger partial charge in [-0.1, -0.05) is 6.92 Å². The monoisotopic (exact) mass is 314 g/mol. The van der Waals surface area contributed by atoms with Gasteiger partial charge in [0.05, 0.1) is 11.3 Å². The molecule has 0 bridgehead atoms. The van der Waals surface area contributed by atoms with Crippen LogP contribution in [0.2, 0.25) is 0 Å². The Kier molecular flexibility index (Phi) is 3.90. The molecule has 2 amide bonds. The number of imide groups is 1. The molecular weight excluding hydrogens is 296 g/mol. The van der Waals surface area contributed by atoms with Gasteiger partial charge in [-0.3, -0.25) is 9.59 Å². The van der Waals surface area contributed by atoms with Crippen molar-refractivity contribution in [3.05, 3.63) is 41.6 Å². The molecule has 3 rings (SSSR count). The molecule has 1 saturated heterocycles. The summed E-state index contributed by atoms with van der Waals surface area (Å²) in [7, 11) is 0.